The number of hydrogen-bond acceptors (Lipinski definition) is 2. The monoisotopic (exact) mass is 408 g/mol. The molecule has 1 saturated heterocycles. The van der Waals surface area contributed by atoms with Crippen LogP contribution in [-0.4, -0.2) is 60.6 Å². The number of hydrogen-bond donors (Lipinski definition) is 1. The minimum Gasteiger partial charge on any atom is -0.355 e. The van der Waals surface area contributed by atoms with Crippen LogP contribution in [0.4, 0.5) is 0 Å². The van der Waals surface area contributed by atoms with Crippen LogP contribution >= 0.6 is 24.0 Å². The second-order valence-electron chi connectivity index (χ2n) is 7.36. The minimum atomic E-state index is 0. The molecule has 0 amide bonds. The Morgan fingerprint density at radius 2 is 1.90 bits per heavy atom. The van der Waals surface area contributed by atoms with Gasteiger partial charge in [0, 0.05) is 43.7 Å². The molecule has 0 spiro atoms. The van der Waals surface area contributed by atoms with Crippen molar-refractivity contribution in [2.24, 2.45) is 10.4 Å². The smallest absolute Gasteiger partial charge is 0.194 e. The van der Waals surface area contributed by atoms with Crippen LogP contribution in [-0.2, 0) is 0 Å². The fourth-order valence-corrected chi connectivity index (χ4v) is 3.05. The van der Waals surface area contributed by atoms with E-state index in [4.69, 9.17) is 0 Å². The second kappa shape index (κ2) is 7.02. The highest BCUT2D eigenvalue weighted by Gasteiger charge is 2.53. The van der Waals surface area contributed by atoms with E-state index in [0.717, 1.165) is 38.2 Å². The zero-order valence-electron chi connectivity index (χ0n) is 14.6. The van der Waals surface area contributed by atoms with Gasteiger partial charge < -0.3 is 10.2 Å². The van der Waals surface area contributed by atoms with Crippen LogP contribution in [0.3, 0.4) is 0 Å². The van der Waals surface area contributed by atoms with Gasteiger partial charge in [-0.25, -0.2) is 0 Å². The van der Waals surface area contributed by atoms with Gasteiger partial charge in [0.1, 0.15) is 0 Å². The first-order chi connectivity index (χ1) is 9.33. The molecule has 4 nitrogen and oxygen atoms in total. The maximum absolute atomic E-state index is 4.47. The normalized spacial score (nSPS) is 23.6. The number of likely N-dealkylation sites (tertiary alicyclic amines) is 1. The van der Waals surface area contributed by atoms with Crippen molar-refractivity contribution in [1.29, 1.82) is 0 Å². The second-order valence-corrected chi connectivity index (χ2v) is 7.36. The summed E-state index contributed by atoms with van der Waals surface area (Å²) in [6.45, 7) is 15.9. The third kappa shape index (κ3) is 3.84. The topological polar surface area (TPSA) is 30.9 Å². The molecule has 0 aromatic carbocycles. The first kappa shape index (κ1) is 19.0. The van der Waals surface area contributed by atoms with Gasteiger partial charge in [-0.1, -0.05) is 20.8 Å². The Labute approximate surface area is 147 Å². The molecule has 0 aromatic heterocycles. The maximum atomic E-state index is 4.47. The molecule has 2 fully saturated rings. The van der Waals surface area contributed by atoms with E-state index in [1.165, 1.54) is 12.8 Å². The number of nitrogens with zero attached hydrogens (tertiary/aromatic N) is 3. The Hall–Kier alpha value is -0.0400. The van der Waals surface area contributed by atoms with E-state index in [-0.39, 0.29) is 29.5 Å². The van der Waals surface area contributed by atoms with E-state index >= 15 is 0 Å². The maximum Gasteiger partial charge on any atom is 0.194 e. The molecule has 124 valence electrons. The number of likely N-dealkylation sites (N-methyl/N-ethyl adjacent to an activating group) is 1. The quantitative estimate of drug-likeness (QED) is 0.431. The predicted molar refractivity (Wildman–Crippen MR) is 102 cm³/mol. The average Bonchev–Trinajstić information content (AvgIpc) is 3.21. The molecule has 0 unspecified atom stereocenters. The number of guanidine groups is 1. The molecule has 0 radical (unpaired) electrons. The molecule has 2 rings (SSSR count). The average molecular weight is 408 g/mol. The molecular weight excluding hydrogens is 375 g/mol. The fourth-order valence-electron chi connectivity index (χ4n) is 3.05. The SMILES string of the molecule is CCN(CCNC(=NC)N1CC(C)(C)C1(C)C)C1CC1.I. The van der Waals surface area contributed by atoms with E-state index in [2.05, 4.69) is 54.7 Å². The van der Waals surface area contributed by atoms with E-state index in [1.54, 1.807) is 0 Å². The predicted octanol–water partition coefficient (Wildman–Crippen LogP) is 2.78. The summed E-state index contributed by atoms with van der Waals surface area (Å²) in [5, 5.41) is 3.55. The fraction of sp³-hybridized carbons (Fsp3) is 0.938. The van der Waals surface area contributed by atoms with Crippen molar-refractivity contribution in [2.45, 2.75) is 59.0 Å². The lowest BCUT2D eigenvalue weighted by atomic mass is 9.65. The van der Waals surface area contributed by atoms with Gasteiger partial charge in [0.05, 0.1) is 0 Å². The Balaban J connectivity index is 0.00000220. The van der Waals surface area contributed by atoms with E-state index in [9.17, 15) is 0 Å². The molecule has 1 saturated carbocycles. The first-order valence-electron chi connectivity index (χ1n) is 8.06. The van der Waals surface area contributed by atoms with Crippen LogP contribution in [0.2, 0.25) is 0 Å². The Morgan fingerprint density at radius 1 is 1.29 bits per heavy atom. The highest BCUT2D eigenvalue weighted by molar-refractivity contribution is 14.0. The van der Waals surface area contributed by atoms with Gasteiger partial charge in [0.15, 0.2) is 5.96 Å². The van der Waals surface area contributed by atoms with Gasteiger partial charge in [0.25, 0.3) is 0 Å². The van der Waals surface area contributed by atoms with Crippen molar-refractivity contribution >= 4 is 29.9 Å². The molecule has 1 N–H and O–H groups in total. The van der Waals surface area contributed by atoms with Crippen molar-refractivity contribution < 1.29 is 0 Å². The van der Waals surface area contributed by atoms with Crippen LogP contribution in [0, 0.1) is 5.41 Å². The summed E-state index contributed by atoms with van der Waals surface area (Å²) in [6, 6.07) is 0.850. The van der Waals surface area contributed by atoms with Crippen molar-refractivity contribution in [2.75, 3.05) is 33.2 Å². The van der Waals surface area contributed by atoms with E-state index in [1.807, 2.05) is 7.05 Å². The highest BCUT2D eigenvalue weighted by atomic mass is 127. The van der Waals surface area contributed by atoms with Crippen LogP contribution in [0.5, 0.6) is 0 Å². The van der Waals surface area contributed by atoms with Crippen molar-refractivity contribution in [3.05, 3.63) is 0 Å². The van der Waals surface area contributed by atoms with Gasteiger partial charge in [-0.05, 0) is 33.2 Å². The van der Waals surface area contributed by atoms with Crippen molar-refractivity contribution in [3.8, 4) is 0 Å². The van der Waals surface area contributed by atoms with Crippen LogP contribution < -0.4 is 5.32 Å². The summed E-state index contributed by atoms with van der Waals surface area (Å²) in [4.78, 5) is 9.45. The van der Waals surface area contributed by atoms with Gasteiger partial charge >= 0.3 is 0 Å². The third-order valence-corrected chi connectivity index (χ3v) is 5.50. The van der Waals surface area contributed by atoms with Crippen LogP contribution in [0.25, 0.3) is 0 Å². The van der Waals surface area contributed by atoms with Crippen LogP contribution in [0.1, 0.15) is 47.5 Å². The van der Waals surface area contributed by atoms with Crippen LogP contribution in [0.15, 0.2) is 4.99 Å². The van der Waals surface area contributed by atoms with Gasteiger partial charge in [-0.15, -0.1) is 24.0 Å². The summed E-state index contributed by atoms with van der Waals surface area (Å²) in [5.41, 5.74) is 0.532. The minimum absolute atomic E-state index is 0. The Kier molecular flexibility index (Phi) is 6.36. The zero-order valence-corrected chi connectivity index (χ0v) is 16.9. The molecule has 2 aliphatic rings. The van der Waals surface area contributed by atoms with E-state index < -0.39 is 0 Å². The molecular formula is C16H33IN4. The zero-order chi connectivity index (χ0) is 15.0. The standard InChI is InChI=1S/C16H32N4.HI/c1-7-19(13-8-9-13)11-10-18-14(17-6)20-12-15(2,3)16(20,4)5;/h13H,7-12H2,1-6H3,(H,17,18);1H. The molecule has 1 aliphatic carbocycles. The highest BCUT2D eigenvalue weighted by Crippen LogP contribution is 2.46. The summed E-state index contributed by atoms with van der Waals surface area (Å²) >= 11 is 0. The third-order valence-electron chi connectivity index (χ3n) is 5.50. The summed E-state index contributed by atoms with van der Waals surface area (Å²) in [6.07, 6.45) is 2.77. The van der Waals surface area contributed by atoms with Crippen molar-refractivity contribution in [3.63, 3.8) is 0 Å². The Bertz CT molecular complexity index is 374. The van der Waals surface area contributed by atoms with Gasteiger partial charge in [-0.2, -0.15) is 0 Å². The van der Waals surface area contributed by atoms with Gasteiger partial charge in [0.2, 0.25) is 0 Å². The summed E-state index contributed by atoms with van der Waals surface area (Å²) in [7, 11) is 1.89. The number of halogens is 1. The number of aliphatic imine (C=N–C) groups is 1. The molecule has 0 bridgehead atoms. The molecule has 1 aliphatic heterocycles. The summed E-state index contributed by atoms with van der Waals surface area (Å²) in [5.74, 6) is 1.06. The largest absolute Gasteiger partial charge is 0.355 e. The lowest BCUT2D eigenvalue weighted by Gasteiger charge is -2.62. The summed E-state index contributed by atoms with van der Waals surface area (Å²) < 4.78 is 0. The first-order valence-corrected chi connectivity index (χ1v) is 8.06. The Morgan fingerprint density at radius 3 is 2.29 bits per heavy atom. The molecule has 5 heteroatoms. The molecule has 1 heterocycles. The number of rotatable bonds is 5. The number of nitrogens with one attached hydrogen (secondary N) is 1. The van der Waals surface area contributed by atoms with Gasteiger partial charge in [-0.3, -0.25) is 9.89 Å². The molecule has 0 aromatic rings. The van der Waals surface area contributed by atoms with Crippen molar-refractivity contribution in [1.82, 2.24) is 15.1 Å². The molecule has 0 atom stereocenters. The lowest BCUT2D eigenvalue weighted by molar-refractivity contribution is -0.0667. The molecule has 21 heavy (non-hydrogen) atoms. The van der Waals surface area contributed by atoms with E-state index in [0.29, 0.717) is 5.41 Å². The lowest BCUT2D eigenvalue weighted by Crippen LogP contribution is -2.72.